The Labute approximate surface area is 390 Å². The molecule has 0 spiro atoms. The van der Waals surface area contributed by atoms with E-state index < -0.39 is 18.2 Å². The van der Waals surface area contributed by atoms with Crippen LogP contribution in [-0.2, 0) is 14.3 Å². The first kappa shape index (κ1) is 60.3. The molecule has 0 aliphatic rings. The summed E-state index contributed by atoms with van der Waals surface area (Å²) >= 11 is 0. The van der Waals surface area contributed by atoms with Crippen molar-refractivity contribution in [2.45, 2.75) is 270 Å². The number of ether oxygens (including phenoxy) is 1. The van der Waals surface area contributed by atoms with Crippen LogP contribution in [-0.4, -0.2) is 46.9 Å². The van der Waals surface area contributed by atoms with E-state index in [0.717, 1.165) is 77.0 Å². The van der Waals surface area contributed by atoms with E-state index in [1.807, 2.05) is 6.08 Å². The van der Waals surface area contributed by atoms with Crippen molar-refractivity contribution in [2.24, 2.45) is 0 Å². The Morgan fingerprint density at radius 1 is 0.476 bits per heavy atom. The van der Waals surface area contributed by atoms with Crippen LogP contribution in [0.15, 0.2) is 72.9 Å². The van der Waals surface area contributed by atoms with Crippen LogP contribution in [0.5, 0.6) is 0 Å². The number of nitrogens with one attached hydrogen (secondary N) is 1. The van der Waals surface area contributed by atoms with Gasteiger partial charge in [0, 0.05) is 6.42 Å². The Kier molecular flexibility index (Phi) is 48.1. The molecule has 6 nitrogen and oxygen atoms in total. The highest BCUT2D eigenvalue weighted by molar-refractivity contribution is 5.77. The number of amides is 1. The van der Waals surface area contributed by atoms with E-state index in [9.17, 15) is 19.8 Å². The first-order chi connectivity index (χ1) is 31.0. The van der Waals surface area contributed by atoms with Crippen LogP contribution >= 0.6 is 0 Å². The number of carbonyl (C=O) groups is 2. The molecule has 3 N–H and O–H groups in total. The highest BCUT2D eigenvalue weighted by atomic mass is 16.5. The maximum atomic E-state index is 13.2. The number of hydrogen-bond donors (Lipinski definition) is 3. The summed E-state index contributed by atoms with van der Waals surface area (Å²) in [7, 11) is 0. The summed E-state index contributed by atoms with van der Waals surface area (Å²) in [5.41, 5.74) is 0. The molecule has 3 unspecified atom stereocenters. The summed E-state index contributed by atoms with van der Waals surface area (Å²) in [4.78, 5) is 26.1. The SMILES string of the molecule is CC/C=C/C/C=C/C/C=C/C/C=C/C/C=C/CCC(=O)OC(CCCCCCC/C=C/CCCCCCCC)CC(=O)NC(CO)C(O)CCCCCCCCCCCCCCC. The molecule has 6 heteroatoms. The van der Waals surface area contributed by atoms with Gasteiger partial charge in [-0.05, 0) is 83.5 Å². The second-order valence-corrected chi connectivity index (χ2v) is 17.9. The van der Waals surface area contributed by atoms with Gasteiger partial charge in [-0.25, -0.2) is 0 Å². The summed E-state index contributed by atoms with van der Waals surface area (Å²) in [5, 5.41) is 23.8. The first-order valence-corrected chi connectivity index (χ1v) is 26.7. The minimum Gasteiger partial charge on any atom is -0.462 e. The molecule has 0 saturated carbocycles. The van der Waals surface area contributed by atoms with Crippen LogP contribution in [0.4, 0.5) is 0 Å². The van der Waals surface area contributed by atoms with Gasteiger partial charge < -0.3 is 20.3 Å². The average Bonchev–Trinajstić information content (AvgIpc) is 3.28. The van der Waals surface area contributed by atoms with Crippen molar-refractivity contribution in [3.05, 3.63) is 72.9 Å². The van der Waals surface area contributed by atoms with Crippen LogP contribution in [0.1, 0.15) is 252 Å². The zero-order valence-corrected chi connectivity index (χ0v) is 41.4. The van der Waals surface area contributed by atoms with Gasteiger partial charge in [0.15, 0.2) is 0 Å². The maximum Gasteiger partial charge on any atom is 0.306 e. The van der Waals surface area contributed by atoms with Gasteiger partial charge in [0.1, 0.15) is 6.10 Å². The van der Waals surface area contributed by atoms with E-state index in [4.69, 9.17) is 4.74 Å². The van der Waals surface area contributed by atoms with E-state index in [1.54, 1.807) is 0 Å². The second kappa shape index (κ2) is 50.3. The van der Waals surface area contributed by atoms with Crippen molar-refractivity contribution in [3.63, 3.8) is 0 Å². The van der Waals surface area contributed by atoms with Crippen molar-refractivity contribution in [3.8, 4) is 0 Å². The molecular weight excluding hydrogens is 779 g/mol. The fourth-order valence-electron chi connectivity index (χ4n) is 7.77. The second-order valence-electron chi connectivity index (χ2n) is 17.9. The van der Waals surface area contributed by atoms with Crippen LogP contribution in [0.25, 0.3) is 0 Å². The number of allylic oxidation sites excluding steroid dienone is 12. The highest BCUT2D eigenvalue weighted by Crippen LogP contribution is 2.17. The number of esters is 1. The molecule has 0 aromatic rings. The predicted molar refractivity (Wildman–Crippen MR) is 273 cm³/mol. The normalized spacial score (nSPS) is 13.8. The van der Waals surface area contributed by atoms with Gasteiger partial charge in [0.25, 0.3) is 0 Å². The number of unbranched alkanes of at least 4 members (excludes halogenated alkanes) is 23. The zero-order chi connectivity index (χ0) is 45.9. The topological polar surface area (TPSA) is 95.9 Å². The van der Waals surface area contributed by atoms with Crippen molar-refractivity contribution in [2.75, 3.05) is 6.61 Å². The summed E-state index contributed by atoms with van der Waals surface area (Å²) in [6.07, 6.45) is 64.0. The molecule has 0 aromatic carbocycles. The lowest BCUT2D eigenvalue weighted by atomic mass is 10.0. The van der Waals surface area contributed by atoms with Gasteiger partial charge in [-0.15, -0.1) is 0 Å². The van der Waals surface area contributed by atoms with E-state index in [1.165, 1.54) is 122 Å². The molecule has 0 aliphatic heterocycles. The lowest BCUT2D eigenvalue weighted by molar-refractivity contribution is -0.150. The molecule has 0 fully saturated rings. The number of carbonyl (C=O) groups excluding carboxylic acids is 2. The van der Waals surface area contributed by atoms with Gasteiger partial charge in [0.2, 0.25) is 5.91 Å². The Morgan fingerprint density at radius 2 is 0.857 bits per heavy atom. The number of aliphatic hydroxyl groups is 2. The van der Waals surface area contributed by atoms with Crippen LogP contribution in [0.3, 0.4) is 0 Å². The smallest absolute Gasteiger partial charge is 0.306 e. The monoisotopic (exact) mass is 880 g/mol. The van der Waals surface area contributed by atoms with E-state index in [0.29, 0.717) is 19.3 Å². The molecule has 0 bridgehead atoms. The molecule has 1 amide bonds. The molecule has 0 saturated heterocycles. The molecule has 63 heavy (non-hydrogen) atoms. The fraction of sp³-hybridized carbons (Fsp3) is 0.754. The van der Waals surface area contributed by atoms with Crippen molar-refractivity contribution < 1.29 is 24.5 Å². The standard InChI is InChI=1S/C57H101NO5/c1-4-7-10-13-16-19-22-25-27-29-32-35-38-41-44-47-50-57(62)63-53(48-45-42-39-36-33-31-28-26-23-20-17-14-11-8-5-2)51-56(61)58-54(52-59)55(60)49-46-43-40-37-34-30-24-21-18-15-12-9-6-3/h7,10,16,19,25-28,32,35,41,44,53-55,59-60H,4-6,8-9,11-15,17-18,20-24,29-31,33-34,36-40,42-43,45-52H2,1-3H3,(H,58,61)/b10-7+,19-16+,27-25+,28-26+,35-32+,44-41+. The molecular formula is C57H101NO5. The van der Waals surface area contributed by atoms with Gasteiger partial charge in [-0.3, -0.25) is 9.59 Å². The molecule has 3 atom stereocenters. The molecule has 364 valence electrons. The molecule has 0 rings (SSSR count). The fourth-order valence-corrected chi connectivity index (χ4v) is 7.77. The number of rotatable bonds is 47. The van der Waals surface area contributed by atoms with Crippen LogP contribution in [0, 0.1) is 0 Å². The van der Waals surface area contributed by atoms with E-state index in [2.05, 4.69) is 92.9 Å². The highest BCUT2D eigenvalue weighted by Gasteiger charge is 2.24. The average molecular weight is 880 g/mol. The zero-order valence-electron chi connectivity index (χ0n) is 41.4. The third kappa shape index (κ3) is 45.7. The van der Waals surface area contributed by atoms with Crippen LogP contribution < -0.4 is 5.32 Å². The van der Waals surface area contributed by atoms with E-state index in [-0.39, 0.29) is 31.3 Å². The Morgan fingerprint density at radius 3 is 1.30 bits per heavy atom. The van der Waals surface area contributed by atoms with Crippen molar-refractivity contribution in [1.29, 1.82) is 0 Å². The van der Waals surface area contributed by atoms with Gasteiger partial charge in [-0.1, -0.05) is 229 Å². The number of hydrogen-bond acceptors (Lipinski definition) is 5. The minimum absolute atomic E-state index is 0.0404. The molecule has 0 aromatic heterocycles. The summed E-state index contributed by atoms with van der Waals surface area (Å²) in [6.45, 7) is 6.35. The largest absolute Gasteiger partial charge is 0.462 e. The molecule has 0 radical (unpaired) electrons. The lowest BCUT2D eigenvalue weighted by Gasteiger charge is -2.24. The summed E-state index contributed by atoms with van der Waals surface area (Å²) < 4.78 is 5.90. The third-order valence-corrected chi connectivity index (χ3v) is 11.8. The third-order valence-electron chi connectivity index (χ3n) is 11.8. The maximum absolute atomic E-state index is 13.2. The Bertz CT molecular complexity index is 1170. The summed E-state index contributed by atoms with van der Waals surface area (Å²) in [5.74, 6) is -0.579. The van der Waals surface area contributed by atoms with Gasteiger partial charge in [0.05, 0.1) is 25.2 Å². The van der Waals surface area contributed by atoms with Gasteiger partial charge in [-0.2, -0.15) is 0 Å². The quantitative estimate of drug-likeness (QED) is 0.0321. The molecule has 0 aliphatic carbocycles. The van der Waals surface area contributed by atoms with Crippen molar-refractivity contribution in [1.82, 2.24) is 5.32 Å². The predicted octanol–water partition coefficient (Wildman–Crippen LogP) is 16.2. The summed E-state index contributed by atoms with van der Waals surface area (Å²) in [6, 6.07) is -0.721. The molecule has 0 heterocycles. The first-order valence-electron chi connectivity index (χ1n) is 26.7. The van der Waals surface area contributed by atoms with Crippen molar-refractivity contribution >= 4 is 11.9 Å². The lowest BCUT2D eigenvalue weighted by Crippen LogP contribution is -2.46. The van der Waals surface area contributed by atoms with Crippen LogP contribution in [0.2, 0.25) is 0 Å². The van der Waals surface area contributed by atoms with E-state index >= 15 is 0 Å². The Balaban J connectivity index is 4.71. The van der Waals surface area contributed by atoms with Gasteiger partial charge >= 0.3 is 5.97 Å². The number of aliphatic hydroxyl groups excluding tert-OH is 2. The Hall–Kier alpha value is -2.70. The minimum atomic E-state index is -0.804.